The highest BCUT2D eigenvalue weighted by Crippen LogP contribution is 2.13. The fourth-order valence-corrected chi connectivity index (χ4v) is 3.05. The maximum atomic E-state index is 14.1. The molecule has 2 aromatic rings. The van der Waals surface area contributed by atoms with E-state index in [1.807, 2.05) is 6.92 Å². The number of hydrogen-bond acceptors (Lipinski definition) is 4. The zero-order valence-corrected chi connectivity index (χ0v) is 14.3. The van der Waals surface area contributed by atoms with Crippen molar-refractivity contribution in [3.05, 3.63) is 57.8 Å². The molecule has 132 valence electrons. The lowest BCUT2D eigenvalue weighted by molar-refractivity contribution is 0.0911. The first-order chi connectivity index (χ1) is 12.0. The lowest BCUT2D eigenvalue weighted by Crippen LogP contribution is -2.52. The van der Waals surface area contributed by atoms with Crippen LogP contribution in [0.5, 0.6) is 0 Å². The zero-order chi connectivity index (χ0) is 18.0. The fourth-order valence-electron chi connectivity index (χ4n) is 3.05. The van der Waals surface area contributed by atoms with Crippen molar-refractivity contribution in [2.45, 2.75) is 38.8 Å². The monoisotopic (exact) mass is 344 g/mol. The third kappa shape index (κ3) is 3.61. The number of para-hydroxylation sites is 1. The Bertz CT molecular complexity index is 849. The number of halogens is 1. The van der Waals surface area contributed by atoms with E-state index >= 15 is 0 Å². The lowest BCUT2D eigenvalue weighted by Gasteiger charge is -2.30. The van der Waals surface area contributed by atoms with Gasteiger partial charge in [0.05, 0.1) is 0 Å². The van der Waals surface area contributed by atoms with E-state index in [2.05, 4.69) is 15.7 Å². The van der Waals surface area contributed by atoms with Gasteiger partial charge in [0.2, 0.25) is 5.43 Å². The van der Waals surface area contributed by atoms with Gasteiger partial charge in [-0.3, -0.25) is 9.59 Å². The van der Waals surface area contributed by atoms with Crippen LogP contribution in [0.4, 0.5) is 4.39 Å². The summed E-state index contributed by atoms with van der Waals surface area (Å²) >= 11 is 0. The summed E-state index contributed by atoms with van der Waals surface area (Å²) in [5.74, 6) is -1.01. The minimum Gasteiger partial charge on any atom is -0.346 e. The van der Waals surface area contributed by atoms with Crippen molar-refractivity contribution in [2.24, 2.45) is 0 Å². The Kier molecular flexibility index (Phi) is 4.94. The van der Waals surface area contributed by atoms with Crippen molar-refractivity contribution in [3.63, 3.8) is 0 Å². The Morgan fingerprint density at radius 1 is 1.40 bits per heavy atom. The Balaban J connectivity index is 1.94. The molecule has 2 heterocycles. The summed E-state index contributed by atoms with van der Waals surface area (Å²) in [7, 11) is 0. The largest absolute Gasteiger partial charge is 0.346 e. The van der Waals surface area contributed by atoms with E-state index in [9.17, 15) is 14.0 Å². The van der Waals surface area contributed by atoms with E-state index in [4.69, 9.17) is 0 Å². The number of nitrogens with one attached hydrogen (secondary N) is 2. The molecule has 6 nitrogen and oxygen atoms in total. The normalized spacial score (nSPS) is 20.3. The fraction of sp³-hybridized carbons (Fsp3) is 0.389. The predicted octanol–water partition coefficient (Wildman–Crippen LogP) is 1.55. The molecule has 1 saturated heterocycles. The second-order valence-electron chi connectivity index (χ2n) is 6.33. The van der Waals surface area contributed by atoms with E-state index in [1.165, 1.54) is 16.8 Å². The minimum absolute atomic E-state index is 0.0642. The van der Waals surface area contributed by atoms with Crippen molar-refractivity contribution in [3.8, 4) is 5.69 Å². The third-order valence-corrected chi connectivity index (χ3v) is 4.48. The Labute approximate surface area is 145 Å². The van der Waals surface area contributed by atoms with Gasteiger partial charge < -0.3 is 10.6 Å². The van der Waals surface area contributed by atoms with Gasteiger partial charge in [0.25, 0.3) is 5.91 Å². The second-order valence-corrected chi connectivity index (χ2v) is 6.33. The molecule has 2 unspecified atom stereocenters. The SMILES string of the molecule is Cc1cc(=O)c(C(=O)NC2CCCNC2C)nn1-c1ccccc1F. The van der Waals surface area contributed by atoms with Crippen LogP contribution in [-0.4, -0.2) is 34.3 Å². The van der Waals surface area contributed by atoms with Crippen molar-refractivity contribution >= 4 is 5.91 Å². The molecule has 1 aliphatic rings. The van der Waals surface area contributed by atoms with Gasteiger partial charge in [-0.05, 0) is 45.4 Å². The van der Waals surface area contributed by atoms with E-state index in [1.54, 1.807) is 25.1 Å². The number of aryl methyl sites for hydroxylation is 1. The first-order valence-electron chi connectivity index (χ1n) is 8.37. The molecule has 1 aliphatic heterocycles. The van der Waals surface area contributed by atoms with Crippen molar-refractivity contribution < 1.29 is 9.18 Å². The van der Waals surface area contributed by atoms with Crippen LogP contribution in [0.15, 0.2) is 35.1 Å². The number of rotatable bonds is 3. The maximum Gasteiger partial charge on any atom is 0.276 e. The number of hydrogen-bond donors (Lipinski definition) is 2. The second kappa shape index (κ2) is 7.14. The van der Waals surface area contributed by atoms with Crippen LogP contribution < -0.4 is 16.1 Å². The Hall–Kier alpha value is -2.54. The van der Waals surface area contributed by atoms with Crippen LogP contribution in [0.2, 0.25) is 0 Å². The van der Waals surface area contributed by atoms with E-state index in [0.29, 0.717) is 5.69 Å². The minimum atomic E-state index is -0.532. The zero-order valence-electron chi connectivity index (χ0n) is 14.3. The van der Waals surface area contributed by atoms with E-state index in [0.717, 1.165) is 19.4 Å². The number of benzene rings is 1. The molecule has 0 spiro atoms. The molecule has 0 saturated carbocycles. The molecular weight excluding hydrogens is 323 g/mol. The Morgan fingerprint density at radius 3 is 2.88 bits per heavy atom. The standard InChI is InChI=1S/C18H21FN4O2/c1-11-10-16(24)17(18(25)21-14-7-5-9-20-12(14)2)22-23(11)15-8-4-3-6-13(15)19/h3-4,6,8,10,12,14,20H,5,7,9H2,1-2H3,(H,21,25). The van der Waals surface area contributed by atoms with Gasteiger partial charge in [-0.1, -0.05) is 12.1 Å². The molecule has 0 aliphatic carbocycles. The molecule has 0 radical (unpaired) electrons. The molecule has 1 aromatic heterocycles. The molecule has 1 aromatic carbocycles. The molecule has 2 atom stereocenters. The topological polar surface area (TPSA) is 76.0 Å². The van der Waals surface area contributed by atoms with Gasteiger partial charge in [-0.2, -0.15) is 5.10 Å². The first-order valence-corrected chi connectivity index (χ1v) is 8.37. The average molecular weight is 344 g/mol. The third-order valence-electron chi connectivity index (χ3n) is 4.48. The van der Waals surface area contributed by atoms with Crippen LogP contribution in [0.3, 0.4) is 0 Å². The molecule has 25 heavy (non-hydrogen) atoms. The molecule has 0 bridgehead atoms. The highest BCUT2D eigenvalue weighted by atomic mass is 19.1. The van der Waals surface area contributed by atoms with Crippen LogP contribution >= 0.6 is 0 Å². The maximum absolute atomic E-state index is 14.1. The quantitative estimate of drug-likeness (QED) is 0.886. The van der Waals surface area contributed by atoms with E-state index < -0.39 is 17.2 Å². The van der Waals surface area contributed by atoms with Gasteiger partial charge in [-0.15, -0.1) is 0 Å². The first kappa shape index (κ1) is 17.3. The van der Waals surface area contributed by atoms with Crippen molar-refractivity contribution in [2.75, 3.05) is 6.54 Å². The van der Waals surface area contributed by atoms with Crippen LogP contribution in [0, 0.1) is 12.7 Å². The summed E-state index contributed by atoms with van der Waals surface area (Å²) in [6, 6.07) is 7.46. The molecular formula is C18H21FN4O2. The molecule has 1 amide bonds. The predicted molar refractivity (Wildman–Crippen MR) is 92.5 cm³/mol. The number of aromatic nitrogens is 2. The van der Waals surface area contributed by atoms with Gasteiger partial charge in [0, 0.05) is 23.8 Å². The van der Waals surface area contributed by atoms with Gasteiger partial charge in [0.1, 0.15) is 11.5 Å². The van der Waals surface area contributed by atoms with Crippen LogP contribution in [0.25, 0.3) is 5.69 Å². The van der Waals surface area contributed by atoms with Gasteiger partial charge in [0.15, 0.2) is 5.69 Å². The average Bonchev–Trinajstić information content (AvgIpc) is 2.58. The van der Waals surface area contributed by atoms with Gasteiger partial charge >= 0.3 is 0 Å². The highest BCUT2D eigenvalue weighted by molar-refractivity contribution is 5.92. The summed E-state index contributed by atoms with van der Waals surface area (Å²) in [6.07, 6.45) is 1.79. The summed E-state index contributed by atoms with van der Waals surface area (Å²) in [5, 5.41) is 10.3. The number of piperidine rings is 1. The summed E-state index contributed by atoms with van der Waals surface area (Å²) in [6.45, 7) is 4.55. The van der Waals surface area contributed by atoms with Crippen LogP contribution in [0.1, 0.15) is 35.9 Å². The number of carbonyl (C=O) groups is 1. The number of carbonyl (C=O) groups excluding carboxylic acids is 1. The number of nitrogens with zero attached hydrogens (tertiary/aromatic N) is 2. The van der Waals surface area contributed by atoms with Crippen molar-refractivity contribution in [1.82, 2.24) is 20.4 Å². The molecule has 1 fully saturated rings. The van der Waals surface area contributed by atoms with E-state index in [-0.39, 0.29) is 23.5 Å². The highest BCUT2D eigenvalue weighted by Gasteiger charge is 2.25. The summed E-state index contributed by atoms with van der Waals surface area (Å²) in [5.41, 5.74) is -0.0493. The summed E-state index contributed by atoms with van der Waals surface area (Å²) < 4.78 is 15.4. The molecule has 7 heteroatoms. The molecule has 3 rings (SSSR count). The molecule has 2 N–H and O–H groups in total. The number of amides is 1. The van der Waals surface area contributed by atoms with Crippen molar-refractivity contribution in [1.29, 1.82) is 0 Å². The smallest absolute Gasteiger partial charge is 0.276 e. The van der Waals surface area contributed by atoms with Gasteiger partial charge in [-0.25, -0.2) is 9.07 Å². The lowest BCUT2D eigenvalue weighted by atomic mass is 10.00. The Morgan fingerprint density at radius 2 is 2.16 bits per heavy atom. The van der Waals surface area contributed by atoms with Crippen LogP contribution in [-0.2, 0) is 0 Å². The summed E-state index contributed by atoms with van der Waals surface area (Å²) in [4.78, 5) is 24.8.